The molecule has 1 unspecified atom stereocenters. The van der Waals surface area contributed by atoms with Crippen molar-refractivity contribution in [3.63, 3.8) is 0 Å². The molecule has 0 aromatic carbocycles. The number of nitrogens with zero attached hydrogens (tertiary/aromatic N) is 6. The van der Waals surface area contributed by atoms with E-state index in [9.17, 15) is 0 Å². The second kappa shape index (κ2) is 9.64. The van der Waals surface area contributed by atoms with Gasteiger partial charge in [-0.15, -0.1) is 0 Å². The zero-order valence-electron chi connectivity index (χ0n) is 17.5. The van der Waals surface area contributed by atoms with Crippen LogP contribution in [0.4, 0.5) is 0 Å². The van der Waals surface area contributed by atoms with Gasteiger partial charge in [0, 0.05) is 45.8 Å². The Balaban J connectivity index is 1.64. The van der Waals surface area contributed by atoms with Crippen molar-refractivity contribution in [2.24, 2.45) is 13.5 Å². The van der Waals surface area contributed by atoms with Crippen LogP contribution in [-0.4, -0.2) is 86.3 Å². The second-order valence-electron chi connectivity index (χ2n) is 8.07. The number of hydrogen-bond donors (Lipinski definition) is 1. The molecule has 3 saturated heterocycles. The first-order valence-electron chi connectivity index (χ1n) is 10.8. The molecule has 174 valence electrons. The third-order valence-electron chi connectivity index (χ3n) is 5.98. The van der Waals surface area contributed by atoms with E-state index in [0.717, 1.165) is 58.7 Å². The fourth-order valence-electron chi connectivity index (χ4n) is 4.49. The molecular weight excluding hydrogens is 498 g/mol. The molecule has 0 bridgehead atoms. The fourth-order valence-corrected chi connectivity index (χ4v) is 19.3. The molecule has 3 fully saturated rings. The van der Waals surface area contributed by atoms with Crippen LogP contribution in [0.2, 0.25) is 0 Å². The van der Waals surface area contributed by atoms with Crippen LogP contribution >= 0.6 is 43.4 Å². The molecule has 0 amide bonds. The molecule has 0 saturated carbocycles. The topological polar surface area (TPSA) is 77.3 Å². The molecule has 1 N–H and O–H groups in total. The largest absolute Gasteiger partial charge is 0.379 e. The Morgan fingerprint density at radius 3 is 2.23 bits per heavy atom. The van der Waals surface area contributed by atoms with Crippen LogP contribution in [0.3, 0.4) is 0 Å². The zero-order valence-corrected chi connectivity index (χ0v) is 21.7. The number of hydrogen-bond acceptors (Lipinski definition) is 9. The zero-order chi connectivity index (χ0) is 21.4. The fraction of sp³-hybridized carbons (Fsp3) is 0.765. The summed E-state index contributed by atoms with van der Waals surface area (Å²) in [5, 5.41) is 3.71. The lowest BCUT2D eigenvalue weighted by molar-refractivity contribution is 0.0569. The Hall–Kier alpha value is 0.510. The quantitative estimate of drug-likeness (QED) is 0.508. The first-order chi connectivity index (χ1) is 15.0. The van der Waals surface area contributed by atoms with Crippen LogP contribution in [0.5, 0.6) is 0 Å². The third kappa shape index (κ3) is 4.85. The van der Waals surface area contributed by atoms with Crippen molar-refractivity contribution < 1.29 is 9.47 Å². The lowest BCUT2D eigenvalue weighted by atomic mass is 10.2. The van der Waals surface area contributed by atoms with Gasteiger partial charge in [0.25, 0.3) is 5.91 Å². The number of morpholine rings is 2. The van der Waals surface area contributed by atoms with Crippen LogP contribution in [0.25, 0.3) is 0 Å². The van der Waals surface area contributed by atoms with E-state index in [4.69, 9.17) is 45.5 Å². The maximum absolute atomic E-state index is 6.93. The maximum Gasteiger partial charge on any atom is 0.257 e. The van der Waals surface area contributed by atoms with Crippen LogP contribution < -0.4 is 5.09 Å². The van der Waals surface area contributed by atoms with E-state index in [1.807, 2.05) is 0 Å². The van der Waals surface area contributed by atoms with Gasteiger partial charge in [0.05, 0.1) is 26.4 Å². The minimum atomic E-state index is -2.91. The Morgan fingerprint density at radius 2 is 1.61 bits per heavy atom. The SMILES string of the molecule is ClP1(Cl)=NP2(=NP(N3CCOCC3)(N3CCOCC3)=N1)NCCCN2CC1=CC=CC1. The highest BCUT2D eigenvalue weighted by molar-refractivity contribution is 8.13. The van der Waals surface area contributed by atoms with E-state index >= 15 is 0 Å². The number of ether oxygens (including phenoxy) is 2. The lowest BCUT2D eigenvalue weighted by Gasteiger charge is -2.48. The van der Waals surface area contributed by atoms with Gasteiger partial charge >= 0.3 is 0 Å². The summed E-state index contributed by atoms with van der Waals surface area (Å²) >= 11 is 13.9. The van der Waals surface area contributed by atoms with Crippen molar-refractivity contribution in [1.82, 2.24) is 19.1 Å². The highest BCUT2D eigenvalue weighted by Crippen LogP contribution is 2.83. The van der Waals surface area contributed by atoms with Crippen molar-refractivity contribution >= 4 is 43.4 Å². The molecule has 0 radical (unpaired) electrons. The highest BCUT2D eigenvalue weighted by Gasteiger charge is 2.46. The van der Waals surface area contributed by atoms with E-state index in [-0.39, 0.29) is 0 Å². The highest BCUT2D eigenvalue weighted by atomic mass is 35.9. The van der Waals surface area contributed by atoms with Gasteiger partial charge in [-0.3, -0.25) is 5.09 Å². The first-order valence-corrected chi connectivity index (χ1v) is 17.6. The van der Waals surface area contributed by atoms with Gasteiger partial charge in [-0.05, 0) is 35.3 Å². The molecule has 31 heavy (non-hydrogen) atoms. The minimum Gasteiger partial charge on any atom is -0.379 e. The normalized spacial score (nSPS) is 34.1. The predicted octanol–water partition coefficient (Wildman–Crippen LogP) is 5.16. The summed E-state index contributed by atoms with van der Waals surface area (Å²) in [5.74, 6) is -2.91. The molecule has 4 aliphatic heterocycles. The van der Waals surface area contributed by atoms with Gasteiger partial charge in [0.15, 0.2) is 0 Å². The molecular formula is C17H30Cl2N7O2P3. The van der Waals surface area contributed by atoms with Gasteiger partial charge in [-0.2, -0.15) is 13.5 Å². The maximum atomic E-state index is 6.93. The van der Waals surface area contributed by atoms with Crippen molar-refractivity contribution in [2.75, 3.05) is 72.2 Å². The predicted molar refractivity (Wildman–Crippen MR) is 131 cm³/mol. The van der Waals surface area contributed by atoms with E-state index in [1.165, 1.54) is 5.57 Å². The Labute approximate surface area is 194 Å². The second-order valence-corrected chi connectivity index (χ2v) is 18.7. The average molecular weight is 528 g/mol. The van der Waals surface area contributed by atoms with Crippen LogP contribution in [0.1, 0.15) is 12.8 Å². The lowest BCUT2D eigenvalue weighted by Crippen LogP contribution is -2.43. The third-order valence-corrected chi connectivity index (χ3v) is 18.2. The Kier molecular flexibility index (Phi) is 7.23. The number of allylic oxidation sites excluding steroid dienone is 3. The van der Waals surface area contributed by atoms with Crippen LogP contribution in [-0.2, 0) is 9.47 Å². The van der Waals surface area contributed by atoms with Gasteiger partial charge in [0.1, 0.15) is 0 Å². The molecule has 1 aliphatic carbocycles. The van der Waals surface area contributed by atoms with Gasteiger partial charge in [0.2, 0.25) is 15.0 Å². The Morgan fingerprint density at radius 1 is 0.935 bits per heavy atom. The molecule has 4 heterocycles. The molecule has 5 aliphatic rings. The van der Waals surface area contributed by atoms with E-state index in [0.29, 0.717) is 26.4 Å². The number of halogens is 2. The summed E-state index contributed by atoms with van der Waals surface area (Å²) in [6.07, 6.45) is 8.57. The number of rotatable bonds is 4. The first kappa shape index (κ1) is 23.3. The van der Waals surface area contributed by atoms with Crippen molar-refractivity contribution in [2.45, 2.75) is 12.8 Å². The summed E-state index contributed by atoms with van der Waals surface area (Å²) in [6.45, 7) is 8.44. The molecule has 1 spiro atoms. The number of nitrogens with one attached hydrogen (secondary N) is 1. The van der Waals surface area contributed by atoms with Crippen molar-refractivity contribution in [3.05, 3.63) is 23.8 Å². The van der Waals surface area contributed by atoms with E-state index in [2.05, 4.69) is 37.3 Å². The van der Waals surface area contributed by atoms with E-state index < -0.39 is 20.9 Å². The van der Waals surface area contributed by atoms with Crippen LogP contribution in [0, 0.1) is 0 Å². The molecule has 14 heteroatoms. The smallest absolute Gasteiger partial charge is 0.257 e. The van der Waals surface area contributed by atoms with Crippen LogP contribution in [0.15, 0.2) is 37.3 Å². The standard InChI is InChI=1S/C17H30Cl2N7O2P3/c18-29(19)21-30(20-6-3-7-26(30)16-17-4-1-2-5-17)23-31(22-29,24-8-12-27-13-9-24)25-10-14-28-15-11-25/h1-2,4,20H,3,5-16H2. The Bertz CT molecular complexity index is 901. The van der Waals surface area contributed by atoms with Gasteiger partial charge < -0.3 is 9.47 Å². The minimum absolute atomic E-state index is 0.672. The summed E-state index contributed by atoms with van der Waals surface area (Å²) in [6, 6.07) is 0. The molecule has 1 atom stereocenters. The average Bonchev–Trinajstić information content (AvgIpc) is 3.29. The molecule has 0 aromatic rings. The summed E-state index contributed by atoms with van der Waals surface area (Å²) in [4.78, 5) is 0. The van der Waals surface area contributed by atoms with Crippen molar-refractivity contribution in [3.8, 4) is 0 Å². The molecule has 9 nitrogen and oxygen atoms in total. The summed E-state index contributed by atoms with van der Waals surface area (Å²) < 4.78 is 34.3. The summed E-state index contributed by atoms with van der Waals surface area (Å²) in [5.41, 5.74) is 1.38. The van der Waals surface area contributed by atoms with Gasteiger partial charge in [-0.1, -0.05) is 23.8 Å². The van der Waals surface area contributed by atoms with Crippen molar-refractivity contribution in [1.29, 1.82) is 0 Å². The van der Waals surface area contributed by atoms with E-state index in [1.54, 1.807) is 0 Å². The monoisotopic (exact) mass is 527 g/mol. The molecule has 0 aromatic heterocycles. The molecule has 5 rings (SSSR count). The van der Waals surface area contributed by atoms with Gasteiger partial charge in [-0.25, -0.2) is 14.0 Å². The summed E-state index contributed by atoms with van der Waals surface area (Å²) in [7, 11) is -5.00.